The molecule has 0 aliphatic carbocycles. The predicted octanol–water partition coefficient (Wildman–Crippen LogP) is 3.10. The zero-order valence-corrected chi connectivity index (χ0v) is 15.5. The van der Waals surface area contributed by atoms with Gasteiger partial charge in [-0.2, -0.15) is 0 Å². The predicted molar refractivity (Wildman–Crippen MR) is 104 cm³/mol. The molecule has 0 saturated heterocycles. The first kappa shape index (κ1) is 18.5. The van der Waals surface area contributed by atoms with Crippen LogP contribution >= 0.6 is 0 Å². The molecule has 2 aromatic heterocycles. The number of pyridine rings is 2. The molecule has 0 spiro atoms. The van der Waals surface area contributed by atoms with Crippen LogP contribution in [-0.4, -0.2) is 12.6 Å². The molecule has 27 heavy (non-hydrogen) atoms. The van der Waals surface area contributed by atoms with Crippen LogP contribution in [0, 0.1) is 0 Å². The maximum absolute atomic E-state index is 11.4. The zero-order valence-electron chi connectivity index (χ0n) is 15.5. The molecule has 0 bridgehead atoms. The summed E-state index contributed by atoms with van der Waals surface area (Å²) in [6.07, 6.45) is 8.19. The van der Waals surface area contributed by atoms with Crippen LogP contribution in [0.4, 0.5) is 0 Å². The Balaban J connectivity index is 1.58. The topological polar surface area (TPSA) is 34.1 Å². The van der Waals surface area contributed by atoms with Crippen LogP contribution < -0.4 is 9.13 Å². The van der Waals surface area contributed by atoms with Gasteiger partial charge >= 0.3 is 5.97 Å². The number of hydrogen-bond acceptors (Lipinski definition) is 2. The average molecular weight is 360 g/mol. The second-order valence-corrected chi connectivity index (χ2v) is 6.49. The van der Waals surface area contributed by atoms with E-state index in [9.17, 15) is 4.79 Å². The van der Waals surface area contributed by atoms with Gasteiger partial charge in [-0.25, -0.2) is 13.9 Å². The van der Waals surface area contributed by atoms with Crippen LogP contribution in [-0.2, 0) is 22.6 Å². The highest BCUT2D eigenvalue weighted by Gasteiger charge is 2.08. The van der Waals surface area contributed by atoms with E-state index in [1.54, 1.807) is 6.92 Å². The van der Waals surface area contributed by atoms with E-state index in [-0.39, 0.29) is 5.97 Å². The van der Waals surface area contributed by atoms with Crippen molar-refractivity contribution in [1.82, 2.24) is 0 Å². The van der Waals surface area contributed by atoms with Gasteiger partial charge in [0.1, 0.15) is 0 Å². The third-order valence-corrected chi connectivity index (χ3v) is 4.25. The van der Waals surface area contributed by atoms with Gasteiger partial charge < -0.3 is 4.74 Å². The second-order valence-electron chi connectivity index (χ2n) is 6.49. The smallest absolute Gasteiger partial charge is 0.333 e. The fraction of sp³-hybridized carbons (Fsp3) is 0.174. The normalized spacial score (nSPS) is 10.4. The van der Waals surface area contributed by atoms with Crippen molar-refractivity contribution in [2.45, 2.75) is 20.0 Å². The molecule has 0 atom stereocenters. The van der Waals surface area contributed by atoms with Crippen molar-refractivity contribution in [2.24, 2.45) is 0 Å². The first-order valence-electron chi connectivity index (χ1n) is 8.97. The number of nitrogens with zero attached hydrogens (tertiary/aromatic N) is 2. The highest BCUT2D eigenvalue weighted by Crippen LogP contribution is 2.15. The number of ether oxygens (including phenoxy) is 1. The van der Waals surface area contributed by atoms with Gasteiger partial charge in [0, 0.05) is 35.4 Å². The van der Waals surface area contributed by atoms with Crippen LogP contribution in [0.15, 0.2) is 91.5 Å². The van der Waals surface area contributed by atoms with Gasteiger partial charge in [0.15, 0.2) is 44.5 Å². The van der Waals surface area contributed by atoms with Crippen LogP contribution in [0.1, 0.15) is 12.5 Å². The van der Waals surface area contributed by atoms with E-state index in [0.29, 0.717) is 18.7 Å². The standard InChI is InChI=1S/C23H24N2O2/c1-19(2)23(26)27-17-16-24-12-8-21(9-13-24)22-10-14-25(15-11-22)18-20-6-4-3-5-7-20/h3-15H,1,16-18H2,2H3/q+2. The molecule has 0 aliphatic rings. The van der Waals surface area contributed by atoms with Crippen LogP contribution in [0.3, 0.4) is 0 Å². The third-order valence-electron chi connectivity index (χ3n) is 4.25. The molecule has 0 fully saturated rings. The van der Waals surface area contributed by atoms with Crippen molar-refractivity contribution in [3.8, 4) is 11.1 Å². The maximum Gasteiger partial charge on any atom is 0.333 e. The Morgan fingerprint density at radius 2 is 1.44 bits per heavy atom. The minimum Gasteiger partial charge on any atom is -0.456 e. The molecule has 4 nitrogen and oxygen atoms in total. The SMILES string of the molecule is C=C(C)C(=O)OCC[n+]1ccc(-c2cc[n+](Cc3ccccc3)cc2)cc1. The van der Waals surface area contributed by atoms with Crippen molar-refractivity contribution in [2.75, 3.05) is 6.61 Å². The molecule has 4 heteroatoms. The summed E-state index contributed by atoms with van der Waals surface area (Å²) in [6, 6.07) is 18.8. The van der Waals surface area contributed by atoms with E-state index < -0.39 is 0 Å². The summed E-state index contributed by atoms with van der Waals surface area (Å²) in [4.78, 5) is 11.4. The number of aromatic nitrogens is 2. The molecular formula is C23H24N2O2+2. The number of carbonyl (C=O) groups is 1. The molecule has 3 rings (SSSR count). The van der Waals surface area contributed by atoms with Crippen molar-refractivity contribution >= 4 is 5.97 Å². The van der Waals surface area contributed by atoms with E-state index in [1.165, 1.54) is 11.1 Å². The quantitative estimate of drug-likeness (QED) is 0.369. The average Bonchev–Trinajstić information content (AvgIpc) is 2.70. The molecule has 0 radical (unpaired) electrons. The number of rotatable bonds is 7. The minimum absolute atomic E-state index is 0.334. The van der Waals surface area contributed by atoms with E-state index in [0.717, 1.165) is 12.1 Å². The van der Waals surface area contributed by atoms with Gasteiger partial charge in [0.05, 0.1) is 0 Å². The summed E-state index contributed by atoms with van der Waals surface area (Å²) in [7, 11) is 0. The van der Waals surface area contributed by atoms with Gasteiger partial charge in [-0.1, -0.05) is 36.9 Å². The monoisotopic (exact) mass is 360 g/mol. The molecule has 2 heterocycles. The largest absolute Gasteiger partial charge is 0.456 e. The number of esters is 1. The Labute approximate surface area is 160 Å². The molecular weight excluding hydrogens is 336 g/mol. The second kappa shape index (κ2) is 8.90. The maximum atomic E-state index is 11.4. The van der Waals surface area contributed by atoms with Crippen molar-refractivity contribution in [1.29, 1.82) is 0 Å². The summed E-state index contributed by atoms with van der Waals surface area (Å²) in [5.41, 5.74) is 4.02. The Morgan fingerprint density at radius 1 is 0.889 bits per heavy atom. The Bertz CT molecular complexity index is 901. The highest BCUT2D eigenvalue weighted by atomic mass is 16.5. The molecule has 0 unspecified atom stereocenters. The van der Waals surface area contributed by atoms with E-state index in [4.69, 9.17) is 4.74 Å². The molecule has 0 aliphatic heterocycles. The van der Waals surface area contributed by atoms with Crippen LogP contribution in [0.25, 0.3) is 11.1 Å². The summed E-state index contributed by atoms with van der Waals surface area (Å²) in [5, 5.41) is 0. The Kier molecular flexibility index (Phi) is 6.10. The summed E-state index contributed by atoms with van der Waals surface area (Å²) in [5.74, 6) is -0.347. The molecule has 0 amide bonds. The van der Waals surface area contributed by atoms with Crippen molar-refractivity contribution in [3.63, 3.8) is 0 Å². The summed E-state index contributed by atoms with van der Waals surface area (Å²) < 4.78 is 9.28. The van der Waals surface area contributed by atoms with Crippen LogP contribution in [0.5, 0.6) is 0 Å². The number of carbonyl (C=O) groups excluding carboxylic acids is 1. The fourth-order valence-electron chi connectivity index (χ4n) is 2.72. The van der Waals surface area contributed by atoms with E-state index in [1.807, 2.05) is 23.0 Å². The minimum atomic E-state index is -0.347. The Morgan fingerprint density at radius 3 is 2.00 bits per heavy atom. The third kappa shape index (κ3) is 5.35. The van der Waals surface area contributed by atoms with Crippen molar-refractivity contribution < 1.29 is 18.7 Å². The Hall–Kier alpha value is -3.27. The lowest BCUT2D eigenvalue weighted by Crippen LogP contribution is -2.35. The highest BCUT2D eigenvalue weighted by molar-refractivity contribution is 5.86. The van der Waals surface area contributed by atoms with Gasteiger partial charge in [0.25, 0.3) is 0 Å². The zero-order chi connectivity index (χ0) is 19.1. The lowest BCUT2D eigenvalue weighted by atomic mass is 10.1. The lowest BCUT2D eigenvalue weighted by Gasteiger charge is -2.03. The molecule has 1 aromatic carbocycles. The fourth-order valence-corrected chi connectivity index (χ4v) is 2.72. The van der Waals surface area contributed by atoms with Crippen molar-refractivity contribution in [3.05, 3.63) is 97.1 Å². The molecule has 136 valence electrons. The van der Waals surface area contributed by atoms with Gasteiger partial charge in [-0.15, -0.1) is 0 Å². The first-order chi connectivity index (χ1) is 13.1. The first-order valence-corrected chi connectivity index (χ1v) is 8.97. The van der Waals surface area contributed by atoms with Crippen LogP contribution in [0.2, 0.25) is 0 Å². The number of benzene rings is 1. The lowest BCUT2D eigenvalue weighted by molar-refractivity contribution is -0.697. The van der Waals surface area contributed by atoms with E-state index in [2.05, 4.69) is 72.1 Å². The van der Waals surface area contributed by atoms with Gasteiger partial charge in [0.2, 0.25) is 0 Å². The summed E-state index contributed by atoms with van der Waals surface area (Å²) >= 11 is 0. The van der Waals surface area contributed by atoms with Gasteiger partial charge in [-0.3, -0.25) is 0 Å². The molecule has 0 N–H and O–H groups in total. The van der Waals surface area contributed by atoms with Gasteiger partial charge in [-0.05, 0) is 18.1 Å². The molecule has 3 aromatic rings. The molecule has 0 saturated carbocycles. The van der Waals surface area contributed by atoms with E-state index >= 15 is 0 Å². The summed E-state index contributed by atoms with van der Waals surface area (Å²) in [6.45, 7) is 7.03. The number of hydrogen-bond donors (Lipinski definition) is 0.